The molecule has 12 nitrogen and oxygen atoms in total. The molecule has 0 radical (unpaired) electrons. The highest BCUT2D eigenvalue weighted by atomic mass is 32.2. The van der Waals surface area contributed by atoms with E-state index in [2.05, 4.69) is 10.3 Å². The van der Waals surface area contributed by atoms with E-state index < -0.39 is 32.5 Å². The number of benzene rings is 1. The first kappa shape index (κ1) is 25.8. The van der Waals surface area contributed by atoms with Crippen molar-refractivity contribution in [2.24, 2.45) is 0 Å². The van der Waals surface area contributed by atoms with Crippen LogP contribution < -0.4 is 16.0 Å². The van der Waals surface area contributed by atoms with Gasteiger partial charge in [0, 0.05) is 32.2 Å². The maximum Gasteiger partial charge on any atom is 0.413 e. The Labute approximate surface area is 192 Å². The summed E-state index contributed by atoms with van der Waals surface area (Å²) in [5.41, 5.74) is 6.14. The maximum absolute atomic E-state index is 12.6. The lowest BCUT2D eigenvalue weighted by molar-refractivity contribution is -0.383. The van der Waals surface area contributed by atoms with Crippen molar-refractivity contribution in [2.45, 2.75) is 32.1 Å². The number of nitrogens with one attached hydrogen (secondary N) is 1. The van der Waals surface area contributed by atoms with Crippen LogP contribution in [0, 0.1) is 10.1 Å². The summed E-state index contributed by atoms with van der Waals surface area (Å²) in [6.45, 7) is 6.23. The molecule has 0 saturated heterocycles. The van der Waals surface area contributed by atoms with Gasteiger partial charge in [-0.2, -0.15) is 4.31 Å². The number of nitrogens with zero attached hydrogens (tertiary/aromatic N) is 4. The van der Waals surface area contributed by atoms with Crippen LogP contribution >= 0.6 is 0 Å². The normalized spacial score (nSPS) is 11.4. The second kappa shape index (κ2) is 10.9. The van der Waals surface area contributed by atoms with E-state index in [9.17, 15) is 28.4 Å². The highest BCUT2D eigenvalue weighted by Crippen LogP contribution is 2.33. The molecule has 0 bridgehead atoms. The number of amides is 1. The number of nitrogens with two attached hydrogens (primary N) is 1. The number of hydrogen-bond donors (Lipinski definition) is 3. The van der Waals surface area contributed by atoms with Crippen molar-refractivity contribution >= 4 is 39.1 Å². The molecule has 33 heavy (non-hydrogen) atoms. The first-order valence-corrected chi connectivity index (χ1v) is 11.8. The number of aromatic nitrogens is 1. The third-order valence-electron chi connectivity index (χ3n) is 5.01. The number of nitrogen functional groups attached to an aromatic ring is 1. The minimum atomic E-state index is -3.55. The SMILES string of the molecule is CCN(C(=O)O)c1cc(NCCc2ccc(S(=O)(=O)N(CC)CC)cc2)c([N+](=O)[O-])c(N)n1. The number of pyridine rings is 1. The van der Waals surface area contributed by atoms with Crippen molar-refractivity contribution in [3.8, 4) is 0 Å². The molecule has 4 N–H and O–H groups in total. The van der Waals surface area contributed by atoms with E-state index in [1.54, 1.807) is 32.9 Å². The van der Waals surface area contributed by atoms with Crippen molar-refractivity contribution in [1.82, 2.24) is 9.29 Å². The molecular formula is C20H28N6O6S. The lowest BCUT2D eigenvalue weighted by Gasteiger charge is -2.18. The van der Waals surface area contributed by atoms with Gasteiger partial charge < -0.3 is 16.2 Å². The zero-order chi connectivity index (χ0) is 24.8. The van der Waals surface area contributed by atoms with Gasteiger partial charge in [-0.3, -0.25) is 15.0 Å². The molecule has 0 fully saturated rings. The molecule has 1 aromatic heterocycles. The van der Waals surface area contributed by atoms with E-state index in [1.165, 1.54) is 22.5 Å². The van der Waals surface area contributed by atoms with Crippen LogP contribution in [-0.2, 0) is 16.4 Å². The highest BCUT2D eigenvalue weighted by molar-refractivity contribution is 7.89. The Kier molecular flexibility index (Phi) is 8.54. The number of anilines is 3. The summed E-state index contributed by atoms with van der Waals surface area (Å²) in [5, 5.41) is 23.7. The van der Waals surface area contributed by atoms with Crippen LogP contribution in [0.3, 0.4) is 0 Å². The predicted molar refractivity (Wildman–Crippen MR) is 125 cm³/mol. The molecule has 0 aliphatic heterocycles. The monoisotopic (exact) mass is 480 g/mol. The minimum absolute atomic E-state index is 0.0263. The quantitative estimate of drug-likeness (QED) is 0.323. The molecule has 0 aliphatic carbocycles. The van der Waals surface area contributed by atoms with Crippen LogP contribution in [0.15, 0.2) is 35.2 Å². The molecule has 0 spiro atoms. The zero-order valence-electron chi connectivity index (χ0n) is 18.7. The van der Waals surface area contributed by atoms with Crippen molar-refractivity contribution in [2.75, 3.05) is 42.1 Å². The molecule has 1 aromatic carbocycles. The Balaban J connectivity index is 2.20. The van der Waals surface area contributed by atoms with Gasteiger partial charge in [0.2, 0.25) is 15.8 Å². The number of sulfonamides is 1. The summed E-state index contributed by atoms with van der Waals surface area (Å²) in [7, 11) is -3.55. The fourth-order valence-corrected chi connectivity index (χ4v) is 4.74. The van der Waals surface area contributed by atoms with Gasteiger partial charge in [-0.25, -0.2) is 18.2 Å². The van der Waals surface area contributed by atoms with E-state index in [-0.39, 0.29) is 29.5 Å². The number of hydrogen-bond acceptors (Lipinski definition) is 8. The van der Waals surface area contributed by atoms with Crippen molar-refractivity contribution in [3.63, 3.8) is 0 Å². The largest absolute Gasteiger partial charge is 0.465 e. The fourth-order valence-electron chi connectivity index (χ4n) is 3.29. The standard InChI is InChI=1S/C20H28N6O6S/c1-4-24(5-2)33(31,32)15-9-7-14(8-10-15)11-12-22-16-13-17(25(6-3)20(27)28)23-19(21)18(16)26(29)30/h7-10,13H,4-6,11-12H2,1-3H3,(H,27,28)(H3,21,22,23). The smallest absolute Gasteiger partial charge is 0.413 e. The Hall–Kier alpha value is -3.45. The molecule has 2 aromatic rings. The predicted octanol–water partition coefficient (Wildman–Crippen LogP) is 2.76. The Bertz CT molecular complexity index is 1100. The second-order valence-electron chi connectivity index (χ2n) is 6.96. The van der Waals surface area contributed by atoms with Crippen LogP contribution in [0.5, 0.6) is 0 Å². The van der Waals surface area contributed by atoms with E-state index in [1.807, 2.05) is 0 Å². The van der Waals surface area contributed by atoms with Crippen molar-refractivity contribution < 1.29 is 23.2 Å². The molecule has 13 heteroatoms. The lowest BCUT2D eigenvalue weighted by atomic mass is 10.1. The van der Waals surface area contributed by atoms with Gasteiger partial charge in [-0.1, -0.05) is 26.0 Å². The number of rotatable bonds is 11. The summed E-state index contributed by atoms with van der Waals surface area (Å²) >= 11 is 0. The van der Waals surface area contributed by atoms with Crippen LogP contribution in [0.1, 0.15) is 26.3 Å². The summed E-state index contributed by atoms with van der Waals surface area (Å²) in [6.07, 6.45) is -0.833. The van der Waals surface area contributed by atoms with Gasteiger partial charge in [0.25, 0.3) is 0 Å². The fraction of sp³-hybridized carbons (Fsp3) is 0.400. The van der Waals surface area contributed by atoms with Crippen LogP contribution in [0.2, 0.25) is 0 Å². The number of carboxylic acid groups (broad SMARTS) is 1. The van der Waals surface area contributed by atoms with E-state index >= 15 is 0 Å². The average Bonchev–Trinajstić information content (AvgIpc) is 2.74. The van der Waals surface area contributed by atoms with Gasteiger partial charge >= 0.3 is 11.8 Å². The van der Waals surface area contributed by atoms with Crippen molar-refractivity contribution in [3.05, 3.63) is 46.0 Å². The summed E-state index contributed by atoms with van der Waals surface area (Å²) in [4.78, 5) is 27.1. The van der Waals surface area contributed by atoms with Crippen LogP contribution in [-0.4, -0.2) is 60.0 Å². The Morgan fingerprint density at radius 2 is 1.79 bits per heavy atom. The molecule has 0 saturated carbocycles. The molecule has 1 heterocycles. The molecular weight excluding hydrogens is 452 g/mol. The van der Waals surface area contributed by atoms with Crippen LogP contribution in [0.25, 0.3) is 0 Å². The van der Waals surface area contributed by atoms with Gasteiger partial charge in [-0.05, 0) is 31.0 Å². The van der Waals surface area contributed by atoms with E-state index in [4.69, 9.17) is 5.73 Å². The third kappa shape index (κ3) is 5.87. The minimum Gasteiger partial charge on any atom is -0.465 e. The van der Waals surface area contributed by atoms with Gasteiger partial charge in [-0.15, -0.1) is 0 Å². The number of carbonyl (C=O) groups is 1. The van der Waals surface area contributed by atoms with Gasteiger partial charge in [0.15, 0.2) is 0 Å². The van der Waals surface area contributed by atoms with Gasteiger partial charge in [0.1, 0.15) is 11.5 Å². The first-order chi connectivity index (χ1) is 15.6. The van der Waals surface area contributed by atoms with Crippen LogP contribution in [0.4, 0.5) is 27.8 Å². The highest BCUT2D eigenvalue weighted by Gasteiger charge is 2.25. The first-order valence-electron chi connectivity index (χ1n) is 10.3. The lowest BCUT2D eigenvalue weighted by Crippen LogP contribution is -2.30. The Morgan fingerprint density at radius 1 is 1.18 bits per heavy atom. The topological polar surface area (TPSA) is 172 Å². The van der Waals surface area contributed by atoms with Gasteiger partial charge in [0.05, 0.1) is 9.82 Å². The second-order valence-corrected chi connectivity index (χ2v) is 8.89. The molecule has 0 unspecified atom stereocenters. The Morgan fingerprint density at radius 3 is 2.27 bits per heavy atom. The average molecular weight is 481 g/mol. The molecule has 2 rings (SSSR count). The zero-order valence-corrected chi connectivity index (χ0v) is 19.5. The molecule has 0 atom stereocenters. The number of nitro groups is 1. The summed E-state index contributed by atoms with van der Waals surface area (Å²) in [5.74, 6) is -0.424. The summed E-state index contributed by atoms with van der Waals surface area (Å²) in [6, 6.07) is 7.69. The molecule has 1 amide bonds. The third-order valence-corrected chi connectivity index (χ3v) is 7.07. The van der Waals surface area contributed by atoms with E-state index in [0.717, 1.165) is 10.5 Å². The molecule has 0 aliphatic rings. The van der Waals surface area contributed by atoms with E-state index in [0.29, 0.717) is 19.5 Å². The van der Waals surface area contributed by atoms with Crippen molar-refractivity contribution in [1.29, 1.82) is 0 Å². The molecule has 180 valence electrons. The maximum atomic E-state index is 12.6. The summed E-state index contributed by atoms with van der Waals surface area (Å²) < 4.78 is 26.5.